The average Bonchev–Trinajstić information content (AvgIpc) is 3.21. The van der Waals surface area contributed by atoms with Gasteiger partial charge < -0.3 is 14.8 Å². The first kappa shape index (κ1) is 18.7. The van der Waals surface area contributed by atoms with Crippen LogP contribution in [0.15, 0.2) is 73.1 Å². The number of nitrogens with zero attached hydrogens (tertiary/aromatic N) is 2. The minimum atomic E-state index is -1.22. The Morgan fingerprint density at radius 3 is 2.21 bits per heavy atom. The van der Waals surface area contributed by atoms with E-state index in [1.165, 1.54) is 0 Å². The molecule has 4 rings (SSSR count). The predicted octanol–water partition coefficient (Wildman–Crippen LogP) is 4.10. The van der Waals surface area contributed by atoms with Gasteiger partial charge in [0, 0.05) is 5.69 Å². The highest BCUT2D eigenvalue weighted by Crippen LogP contribution is 2.38. The monoisotopic (exact) mass is 387 g/mol. The van der Waals surface area contributed by atoms with Crippen LogP contribution in [0.3, 0.4) is 0 Å². The van der Waals surface area contributed by atoms with Crippen molar-refractivity contribution in [1.82, 2.24) is 15.0 Å². The third-order valence-electron chi connectivity index (χ3n) is 5.23. The molecule has 0 aliphatic heterocycles. The summed E-state index contributed by atoms with van der Waals surface area (Å²) in [6.07, 6.45) is 0.323. The van der Waals surface area contributed by atoms with Gasteiger partial charge in [0.1, 0.15) is 0 Å². The number of carbonyl (C=O) groups is 1. The second-order valence-corrected chi connectivity index (χ2v) is 7.14. The molecule has 0 bridgehead atoms. The van der Waals surface area contributed by atoms with E-state index in [-0.39, 0.29) is 5.88 Å². The molecule has 0 unspecified atom stereocenters. The Labute approximate surface area is 168 Å². The molecule has 0 amide bonds. The van der Waals surface area contributed by atoms with Gasteiger partial charge in [0.25, 0.3) is 0 Å². The van der Waals surface area contributed by atoms with Crippen LogP contribution in [-0.2, 0) is 10.2 Å². The largest absolute Gasteiger partial charge is 0.478 e. The molecule has 2 N–H and O–H groups in total. The van der Waals surface area contributed by atoms with Crippen LogP contribution in [0.5, 0.6) is 5.88 Å². The summed E-state index contributed by atoms with van der Waals surface area (Å²) < 4.78 is 6.11. The number of aliphatic carboxylic acids is 1. The van der Waals surface area contributed by atoms with E-state index in [9.17, 15) is 9.90 Å². The number of H-pyrrole nitrogens is 1. The molecule has 6 nitrogen and oxygen atoms in total. The highest BCUT2D eigenvalue weighted by Gasteiger charge is 2.45. The SMILES string of the molecule is Cc1cc2[nH]cnc2c(O[C@@H](C(=O)O)C(C)(c2ccccc2)c2ccccc2)n1. The van der Waals surface area contributed by atoms with Crippen LogP contribution < -0.4 is 4.74 Å². The van der Waals surface area contributed by atoms with Gasteiger partial charge in [-0.2, -0.15) is 0 Å². The second-order valence-electron chi connectivity index (χ2n) is 7.14. The second kappa shape index (κ2) is 7.39. The third kappa shape index (κ3) is 3.33. The lowest BCUT2D eigenvalue weighted by Crippen LogP contribution is -2.47. The van der Waals surface area contributed by atoms with Crippen molar-refractivity contribution < 1.29 is 14.6 Å². The Morgan fingerprint density at radius 2 is 1.66 bits per heavy atom. The Morgan fingerprint density at radius 1 is 1.07 bits per heavy atom. The zero-order valence-corrected chi connectivity index (χ0v) is 16.2. The van der Waals surface area contributed by atoms with Crippen molar-refractivity contribution in [2.45, 2.75) is 25.4 Å². The number of aryl methyl sites for hydroxylation is 1. The topological polar surface area (TPSA) is 88.1 Å². The smallest absolute Gasteiger partial charge is 0.346 e. The standard InChI is InChI=1S/C23H21N3O3/c1-15-13-18-19(25-14-24-18)21(26-15)29-20(22(27)28)23(2,16-9-5-3-6-10-16)17-11-7-4-8-12-17/h3-14,20H,1-2H3,(H,24,25)(H,27,28)/t20-/m0/s1. The van der Waals surface area contributed by atoms with Crippen LogP contribution >= 0.6 is 0 Å². The van der Waals surface area contributed by atoms with E-state index < -0.39 is 17.5 Å². The fraction of sp³-hybridized carbons (Fsp3) is 0.174. The quantitative estimate of drug-likeness (QED) is 0.520. The molecule has 4 aromatic rings. The van der Waals surface area contributed by atoms with Crippen LogP contribution in [0, 0.1) is 6.92 Å². The Balaban J connectivity index is 1.89. The van der Waals surface area contributed by atoms with Crippen molar-refractivity contribution >= 4 is 17.0 Å². The lowest BCUT2D eigenvalue weighted by Gasteiger charge is -2.36. The predicted molar refractivity (Wildman–Crippen MR) is 110 cm³/mol. The molecule has 6 heteroatoms. The number of pyridine rings is 1. The molecule has 0 radical (unpaired) electrons. The maximum absolute atomic E-state index is 12.5. The van der Waals surface area contributed by atoms with Crippen LogP contribution in [-0.4, -0.2) is 32.1 Å². The molecular weight excluding hydrogens is 366 g/mol. The molecule has 1 atom stereocenters. The molecule has 0 fully saturated rings. The summed E-state index contributed by atoms with van der Waals surface area (Å²) in [6.45, 7) is 3.71. The summed E-state index contributed by atoms with van der Waals surface area (Å²) in [5, 5.41) is 10.2. The van der Waals surface area contributed by atoms with Gasteiger partial charge in [-0.1, -0.05) is 60.7 Å². The number of carboxylic acids is 1. The van der Waals surface area contributed by atoms with Gasteiger partial charge in [0.2, 0.25) is 12.0 Å². The zero-order chi connectivity index (χ0) is 20.4. The molecule has 2 heterocycles. The van der Waals surface area contributed by atoms with Crippen LogP contribution in [0.4, 0.5) is 0 Å². The van der Waals surface area contributed by atoms with E-state index in [1.807, 2.05) is 80.6 Å². The molecule has 2 aromatic carbocycles. The molecular formula is C23H21N3O3. The van der Waals surface area contributed by atoms with E-state index in [0.29, 0.717) is 11.2 Å². The number of hydrogen-bond acceptors (Lipinski definition) is 4. The molecule has 0 aliphatic rings. The lowest BCUT2D eigenvalue weighted by atomic mass is 9.72. The molecule has 0 saturated heterocycles. The molecule has 146 valence electrons. The number of imidazole rings is 1. The number of rotatable bonds is 6. The first-order valence-corrected chi connectivity index (χ1v) is 9.31. The van der Waals surface area contributed by atoms with Gasteiger partial charge in [-0.15, -0.1) is 0 Å². The van der Waals surface area contributed by atoms with Crippen molar-refractivity contribution in [3.63, 3.8) is 0 Å². The molecule has 0 aliphatic carbocycles. The normalized spacial score (nSPS) is 12.6. The highest BCUT2D eigenvalue weighted by molar-refractivity contribution is 5.81. The van der Waals surface area contributed by atoms with Gasteiger partial charge in [0.05, 0.1) is 17.3 Å². The fourth-order valence-corrected chi connectivity index (χ4v) is 3.69. The zero-order valence-electron chi connectivity index (χ0n) is 16.2. The number of ether oxygens (including phenoxy) is 1. The van der Waals surface area contributed by atoms with Crippen molar-refractivity contribution in [2.24, 2.45) is 0 Å². The van der Waals surface area contributed by atoms with Gasteiger partial charge in [-0.25, -0.2) is 14.8 Å². The Bertz CT molecular complexity index is 1100. The van der Waals surface area contributed by atoms with Gasteiger partial charge in [-0.05, 0) is 31.0 Å². The number of fused-ring (bicyclic) bond motifs is 1. The van der Waals surface area contributed by atoms with Gasteiger partial charge >= 0.3 is 5.97 Å². The van der Waals surface area contributed by atoms with Crippen molar-refractivity contribution in [3.05, 3.63) is 89.9 Å². The number of nitrogens with one attached hydrogen (secondary N) is 1. The average molecular weight is 387 g/mol. The number of hydrogen-bond donors (Lipinski definition) is 2. The van der Waals surface area contributed by atoms with E-state index in [0.717, 1.165) is 16.6 Å². The number of carboxylic acid groups (broad SMARTS) is 1. The van der Waals surface area contributed by atoms with Gasteiger partial charge in [0.15, 0.2) is 5.52 Å². The minimum absolute atomic E-state index is 0.201. The number of aromatic nitrogens is 3. The first-order valence-electron chi connectivity index (χ1n) is 9.31. The highest BCUT2D eigenvalue weighted by atomic mass is 16.5. The third-order valence-corrected chi connectivity index (χ3v) is 5.23. The maximum atomic E-state index is 12.5. The van der Waals surface area contributed by atoms with Crippen LogP contribution in [0.25, 0.3) is 11.0 Å². The van der Waals surface area contributed by atoms with Crippen molar-refractivity contribution in [1.29, 1.82) is 0 Å². The number of aromatic amines is 1. The molecule has 0 spiro atoms. The van der Waals surface area contributed by atoms with Crippen molar-refractivity contribution in [3.8, 4) is 5.88 Å². The van der Waals surface area contributed by atoms with E-state index in [1.54, 1.807) is 6.33 Å². The molecule has 0 saturated carbocycles. The Kier molecular flexibility index (Phi) is 4.76. The van der Waals surface area contributed by atoms with Crippen molar-refractivity contribution in [2.75, 3.05) is 0 Å². The summed E-state index contributed by atoms with van der Waals surface area (Å²) >= 11 is 0. The summed E-state index contributed by atoms with van der Waals surface area (Å²) in [5.74, 6) is -0.876. The summed E-state index contributed by atoms with van der Waals surface area (Å²) in [6, 6.07) is 20.9. The summed E-state index contributed by atoms with van der Waals surface area (Å²) in [4.78, 5) is 24.2. The molecule has 29 heavy (non-hydrogen) atoms. The van der Waals surface area contributed by atoms with E-state index in [2.05, 4.69) is 15.0 Å². The number of benzene rings is 2. The fourth-order valence-electron chi connectivity index (χ4n) is 3.69. The summed E-state index contributed by atoms with van der Waals surface area (Å²) in [5.41, 5.74) is 2.68. The van der Waals surface area contributed by atoms with Crippen LogP contribution in [0.2, 0.25) is 0 Å². The minimum Gasteiger partial charge on any atom is -0.478 e. The lowest BCUT2D eigenvalue weighted by molar-refractivity contribution is -0.147. The van der Waals surface area contributed by atoms with Crippen LogP contribution in [0.1, 0.15) is 23.7 Å². The van der Waals surface area contributed by atoms with E-state index >= 15 is 0 Å². The maximum Gasteiger partial charge on any atom is 0.346 e. The summed E-state index contributed by atoms with van der Waals surface area (Å²) in [7, 11) is 0. The van der Waals surface area contributed by atoms with E-state index in [4.69, 9.17) is 4.74 Å². The van der Waals surface area contributed by atoms with Gasteiger partial charge in [-0.3, -0.25) is 0 Å². The first-order chi connectivity index (χ1) is 14.0. The molecule has 2 aromatic heterocycles. The Hall–Kier alpha value is -3.67.